The maximum Gasteiger partial charge on any atom is 0.227 e. The highest BCUT2D eigenvalue weighted by atomic mass is 35.5. The van der Waals surface area contributed by atoms with Crippen molar-refractivity contribution in [1.82, 2.24) is 9.80 Å². The molecule has 2 saturated heterocycles. The smallest absolute Gasteiger partial charge is 0.227 e. The van der Waals surface area contributed by atoms with Crippen LogP contribution in [0.4, 0.5) is 0 Å². The van der Waals surface area contributed by atoms with E-state index in [4.69, 9.17) is 11.6 Å². The number of piperidine rings is 1. The maximum atomic E-state index is 12.7. The Balaban J connectivity index is 1.62. The van der Waals surface area contributed by atoms with Crippen LogP contribution in [0, 0.1) is 11.8 Å². The van der Waals surface area contributed by atoms with Crippen LogP contribution in [0.5, 0.6) is 5.75 Å². The van der Waals surface area contributed by atoms with Crippen LogP contribution in [0.25, 0.3) is 0 Å². The van der Waals surface area contributed by atoms with Crippen LogP contribution in [0.15, 0.2) is 18.2 Å². The highest BCUT2D eigenvalue weighted by molar-refractivity contribution is 6.32. The SMILES string of the molecule is O=C(Cc1ccc(O)c(Cl)c1)N1C[C@H](CO)C[C@H](CN2CCCC2)C1. The van der Waals surface area contributed by atoms with Crippen molar-refractivity contribution in [3.05, 3.63) is 28.8 Å². The van der Waals surface area contributed by atoms with E-state index >= 15 is 0 Å². The third-order valence-electron chi connectivity index (χ3n) is 5.32. The standard InChI is InChI=1S/C19H27ClN2O3/c20-17-8-14(3-4-18(17)24)9-19(25)22-11-15(7-16(12-22)13-23)10-21-5-1-2-6-21/h3-4,8,15-16,23-24H,1-2,5-7,9-13H2/t15-,16-/m1/s1. The first-order valence-electron chi connectivity index (χ1n) is 9.13. The lowest BCUT2D eigenvalue weighted by Crippen LogP contribution is -2.48. The quantitative estimate of drug-likeness (QED) is 0.838. The van der Waals surface area contributed by atoms with Gasteiger partial charge in [-0.15, -0.1) is 0 Å². The summed E-state index contributed by atoms with van der Waals surface area (Å²) in [5.41, 5.74) is 0.801. The van der Waals surface area contributed by atoms with E-state index in [9.17, 15) is 15.0 Å². The van der Waals surface area contributed by atoms with E-state index < -0.39 is 0 Å². The Bertz CT molecular complexity index is 604. The predicted molar refractivity (Wildman–Crippen MR) is 97.8 cm³/mol. The van der Waals surface area contributed by atoms with Gasteiger partial charge in [0.25, 0.3) is 0 Å². The topological polar surface area (TPSA) is 64.0 Å². The number of aliphatic hydroxyl groups excluding tert-OH is 1. The van der Waals surface area contributed by atoms with Crippen molar-refractivity contribution in [3.63, 3.8) is 0 Å². The van der Waals surface area contributed by atoms with Gasteiger partial charge < -0.3 is 20.0 Å². The number of halogens is 1. The summed E-state index contributed by atoms with van der Waals surface area (Å²) < 4.78 is 0. The van der Waals surface area contributed by atoms with Crippen molar-refractivity contribution >= 4 is 17.5 Å². The van der Waals surface area contributed by atoms with Crippen molar-refractivity contribution in [2.24, 2.45) is 11.8 Å². The number of phenolic OH excluding ortho intramolecular Hbond substituents is 1. The lowest BCUT2D eigenvalue weighted by molar-refractivity contribution is -0.134. The summed E-state index contributed by atoms with van der Waals surface area (Å²) in [5, 5.41) is 19.4. The van der Waals surface area contributed by atoms with E-state index in [-0.39, 0.29) is 35.6 Å². The average molecular weight is 367 g/mol. The molecule has 0 radical (unpaired) electrons. The molecule has 0 aromatic heterocycles. The van der Waals surface area contributed by atoms with E-state index in [0.717, 1.165) is 38.2 Å². The van der Waals surface area contributed by atoms with Crippen molar-refractivity contribution in [3.8, 4) is 5.75 Å². The Morgan fingerprint density at radius 3 is 2.60 bits per heavy atom. The fourth-order valence-electron chi connectivity index (χ4n) is 4.06. The number of phenols is 1. The van der Waals surface area contributed by atoms with Crippen molar-refractivity contribution < 1.29 is 15.0 Å². The van der Waals surface area contributed by atoms with Crippen LogP contribution < -0.4 is 0 Å². The first-order chi connectivity index (χ1) is 12.0. The summed E-state index contributed by atoms with van der Waals surface area (Å²) in [7, 11) is 0. The molecular weight excluding hydrogens is 340 g/mol. The van der Waals surface area contributed by atoms with Gasteiger partial charge in [0.15, 0.2) is 0 Å². The zero-order chi connectivity index (χ0) is 17.8. The highest BCUT2D eigenvalue weighted by Gasteiger charge is 2.31. The highest BCUT2D eigenvalue weighted by Crippen LogP contribution is 2.26. The molecule has 0 unspecified atom stereocenters. The Morgan fingerprint density at radius 2 is 1.92 bits per heavy atom. The van der Waals surface area contributed by atoms with Crippen molar-refractivity contribution in [2.75, 3.05) is 39.3 Å². The Hall–Kier alpha value is -1.30. The van der Waals surface area contributed by atoms with Gasteiger partial charge in [0.05, 0.1) is 11.4 Å². The van der Waals surface area contributed by atoms with Gasteiger partial charge in [-0.3, -0.25) is 4.79 Å². The molecule has 2 atom stereocenters. The molecule has 0 saturated carbocycles. The van der Waals surface area contributed by atoms with E-state index in [0.29, 0.717) is 12.5 Å². The molecule has 138 valence electrons. The van der Waals surface area contributed by atoms with E-state index in [2.05, 4.69) is 4.90 Å². The molecule has 25 heavy (non-hydrogen) atoms. The van der Waals surface area contributed by atoms with Crippen LogP contribution in [-0.4, -0.2) is 65.3 Å². The zero-order valence-corrected chi connectivity index (χ0v) is 15.3. The summed E-state index contributed by atoms with van der Waals surface area (Å²) in [5.74, 6) is 0.679. The van der Waals surface area contributed by atoms with Crippen LogP contribution in [0.1, 0.15) is 24.8 Å². The van der Waals surface area contributed by atoms with Gasteiger partial charge in [0.2, 0.25) is 5.91 Å². The first-order valence-corrected chi connectivity index (χ1v) is 9.51. The van der Waals surface area contributed by atoms with Gasteiger partial charge in [-0.2, -0.15) is 0 Å². The molecule has 2 aliphatic heterocycles. The summed E-state index contributed by atoms with van der Waals surface area (Å²) in [4.78, 5) is 17.1. The van der Waals surface area contributed by atoms with E-state index in [1.165, 1.54) is 18.9 Å². The van der Waals surface area contributed by atoms with Gasteiger partial charge in [0, 0.05) is 26.2 Å². The van der Waals surface area contributed by atoms with Crippen LogP contribution in [0.2, 0.25) is 5.02 Å². The van der Waals surface area contributed by atoms with Crippen molar-refractivity contribution in [2.45, 2.75) is 25.7 Å². The molecule has 0 aliphatic carbocycles. The molecule has 2 heterocycles. The van der Waals surface area contributed by atoms with Gasteiger partial charge in [-0.1, -0.05) is 17.7 Å². The number of aromatic hydroxyl groups is 1. The molecular formula is C19H27ClN2O3. The van der Waals surface area contributed by atoms with E-state index in [1.807, 2.05) is 4.90 Å². The van der Waals surface area contributed by atoms with Gasteiger partial charge in [-0.25, -0.2) is 0 Å². The fourth-order valence-corrected chi connectivity index (χ4v) is 4.27. The van der Waals surface area contributed by atoms with Gasteiger partial charge in [-0.05, 0) is 61.9 Å². The summed E-state index contributed by atoms with van der Waals surface area (Å²) in [6.07, 6.45) is 3.79. The number of hydrogen-bond donors (Lipinski definition) is 2. The molecule has 5 nitrogen and oxygen atoms in total. The second kappa shape index (κ2) is 8.39. The lowest BCUT2D eigenvalue weighted by atomic mass is 9.89. The number of rotatable bonds is 5. The van der Waals surface area contributed by atoms with Gasteiger partial charge in [0.1, 0.15) is 5.75 Å². The van der Waals surface area contributed by atoms with E-state index in [1.54, 1.807) is 12.1 Å². The van der Waals surface area contributed by atoms with Crippen LogP contribution in [0.3, 0.4) is 0 Å². The second-order valence-electron chi connectivity index (χ2n) is 7.42. The number of hydrogen-bond acceptors (Lipinski definition) is 4. The number of amides is 1. The third-order valence-corrected chi connectivity index (χ3v) is 5.62. The minimum Gasteiger partial charge on any atom is -0.506 e. The number of carbonyl (C=O) groups excluding carboxylic acids is 1. The average Bonchev–Trinajstić information content (AvgIpc) is 3.10. The maximum absolute atomic E-state index is 12.7. The summed E-state index contributed by atoms with van der Waals surface area (Å²) in [6.45, 7) is 4.84. The van der Waals surface area contributed by atoms with Gasteiger partial charge >= 0.3 is 0 Å². The van der Waals surface area contributed by atoms with Crippen molar-refractivity contribution in [1.29, 1.82) is 0 Å². The minimum atomic E-state index is 0.0295. The Kier molecular flexibility index (Phi) is 6.20. The summed E-state index contributed by atoms with van der Waals surface area (Å²) >= 11 is 5.93. The predicted octanol–water partition coefficient (Wildman–Crippen LogP) is 2.14. The molecule has 2 N–H and O–H groups in total. The monoisotopic (exact) mass is 366 g/mol. The molecule has 2 fully saturated rings. The second-order valence-corrected chi connectivity index (χ2v) is 7.83. The number of carbonyl (C=O) groups is 1. The molecule has 0 spiro atoms. The third kappa shape index (κ3) is 4.87. The molecule has 0 bridgehead atoms. The van der Waals surface area contributed by atoms with Crippen LogP contribution >= 0.6 is 11.6 Å². The Labute approximate surface area is 154 Å². The zero-order valence-electron chi connectivity index (χ0n) is 14.5. The normalized spacial score (nSPS) is 24.6. The molecule has 1 amide bonds. The molecule has 1 aromatic carbocycles. The number of benzene rings is 1. The first kappa shape index (κ1) is 18.5. The molecule has 1 aromatic rings. The molecule has 3 rings (SSSR count). The Morgan fingerprint density at radius 1 is 1.20 bits per heavy atom. The lowest BCUT2D eigenvalue weighted by Gasteiger charge is -2.38. The molecule has 6 heteroatoms. The largest absolute Gasteiger partial charge is 0.506 e. The fraction of sp³-hybridized carbons (Fsp3) is 0.632. The summed E-state index contributed by atoms with van der Waals surface area (Å²) in [6, 6.07) is 4.89. The number of nitrogens with zero attached hydrogens (tertiary/aromatic N) is 2. The number of aliphatic hydroxyl groups is 1. The van der Waals surface area contributed by atoms with Crippen LogP contribution in [-0.2, 0) is 11.2 Å². The number of likely N-dealkylation sites (tertiary alicyclic amines) is 2. The minimum absolute atomic E-state index is 0.0295. The molecule has 2 aliphatic rings.